The van der Waals surface area contributed by atoms with Crippen molar-refractivity contribution in [2.24, 2.45) is 0 Å². The molecule has 0 saturated heterocycles. The second kappa shape index (κ2) is 6.66. The van der Waals surface area contributed by atoms with Crippen molar-refractivity contribution in [3.63, 3.8) is 0 Å². The Morgan fingerprint density at radius 3 is 2.78 bits per heavy atom. The van der Waals surface area contributed by atoms with Gasteiger partial charge in [0, 0.05) is 6.61 Å². The number of fused-ring (bicyclic) bond motifs is 1. The van der Waals surface area contributed by atoms with E-state index in [9.17, 15) is 8.42 Å². The Morgan fingerprint density at radius 2 is 2.00 bits per heavy atom. The first-order valence-electron chi connectivity index (χ1n) is 7.13. The Balaban J connectivity index is 1.86. The van der Waals surface area contributed by atoms with Crippen molar-refractivity contribution in [3.8, 4) is 0 Å². The Labute approximate surface area is 139 Å². The van der Waals surface area contributed by atoms with E-state index < -0.39 is 10.0 Å². The van der Waals surface area contributed by atoms with Gasteiger partial charge in [0.25, 0.3) is 10.0 Å². The Bertz CT molecular complexity index is 887. The highest BCUT2D eigenvalue weighted by molar-refractivity contribution is 7.93. The molecule has 1 heterocycles. The summed E-state index contributed by atoms with van der Waals surface area (Å²) < 4.78 is 33.8. The lowest BCUT2D eigenvalue weighted by Crippen LogP contribution is -2.13. The van der Waals surface area contributed by atoms with Gasteiger partial charge in [-0.1, -0.05) is 35.6 Å². The summed E-state index contributed by atoms with van der Waals surface area (Å²) in [6.07, 6.45) is 0. The van der Waals surface area contributed by atoms with Crippen LogP contribution >= 0.6 is 11.3 Å². The molecule has 0 aliphatic rings. The molecule has 1 aromatic heterocycles. The average Bonchev–Trinajstić information content (AvgIpc) is 2.94. The summed E-state index contributed by atoms with van der Waals surface area (Å²) in [7, 11) is -3.67. The highest BCUT2D eigenvalue weighted by atomic mass is 32.2. The number of rotatable bonds is 6. The smallest absolute Gasteiger partial charge is 0.263 e. The molecule has 2 aromatic carbocycles. The van der Waals surface area contributed by atoms with Crippen LogP contribution in [0.3, 0.4) is 0 Å². The van der Waals surface area contributed by atoms with Gasteiger partial charge in [-0.25, -0.2) is 13.4 Å². The molecule has 0 radical (unpaired) electrons. The quantitative estimate of drug-likeness (QED) is 0.738. The molecule has 23 heavy (non-hydrogen) atoms. The first-order chi connectivity index (χ1) is 11.1. The van der Waals surface area contributed by atoms with E-state index in [1.54, 1.807) is 18.2 Å². The predicted octanol–water partition coefficient (Wildman–Crippen LogP) is 3.63. The summed E-state index contributed by atoms with van der Waals surface area (Å²) >= 11 is 1.31. The van der Waals surface area contributed by atoms with Crippen molar-refractivity contribution >= 4 is 36.7 Å². The number of nitrogens with one attached hydrogen (secondary N) is 1. The van der Waals surface area contributed by atoms with E-state index in [2.05, 4.69) is 9.71 Å². The number of para-hydroxylation sites is 1. The van der Waals surface area contributed by atoms with Crippen LogP contribution in [-0.4, -0.2) is 20.0 Å². The third-order valence-corrected chi connectivity index (χ3v) is 5.61. The second-order valence-electron chi connectivity index (χ2n) is 4.88. The Morgan fingerprint density at radius 1 is 1.17 bits per heavy atom. The molecule has 0 bridgehead atoms. The fourth-order valence-corrected chi connectivity index (χ4v) is 4.28. The molecule has 0 aliphatic carbocycles. The minimum Gasteiger partial charge on any atom is -0.377 e. The highest BCUT2D eigenvalue weighted by Gasteiger charge is 2.17. The van der Waals surface area contributed by atoms with E-state index in [0.717, 1.165) is 15.8 Å². The molecule has 120 valence electrons. The summed E-state index contributed by atoms with van der Waals surface area (Å²) in [4.78, 5) is 4.50. The lowest BCUT2D eigenvalue weighted by Gasteiger charge is -2.07. The Hall–Kier alpha value is -1.96. The number of aromatic nitrogens is 1. The normalized spacial score (nSPS) is 11.7. The number of thiazole rings is 1. The molecule has 1 N–H and O–H groups in total. The highest BCUT2D eigenvalue weighted by Crippen LogP contribution is 2.27. The van der Waals surface area contributed by atoms with Gasteiger partial charge in [-0.2, -0.15) is 0 Å². The molecule has 0 atom stereocenters. The first kappa shape index (κ1) is 15.9. The van der Waals surface area contributed by atoms with Crippen LogP contribution in [0.15, 0.2) is 53.4 Å². The number of benzene rings is 2. The van der Waals surface area contributed by atoms with Gasteiger partial charge in [0.2, 0.25) is 0 Å². The minimum atomic E-state index is -3.67. The van der Waals surface area contributed by atoms with Crippen LogP contribution in [-0.2, 0) is 21.4 Å². The van der Waals surface area contributed by atoms with E-state index in [0.29, 0.717) is 18.3 Å². The number of anilines is 1. The zero-order valence-electron chi connectivity index (χ0n) is 12.5. The summed E-state index contributed by atoms with van der Waals surface area (Å²) in [6, 6.07) is 14.3. The van der Waals surface area contributed by atoms with Gasteiger partial charge in [0.05, 0.1) is 21.7 Å². The van der Waals surface area contributed by atoms with Crippen molar-refractivity contribution < 1.29 is 13.2 Å². The van der Waals surface area contributed by atoms with Gasteiger partial charge in [-0.05, 0) is 36.8 Å². The van der Waals surface area contributed by atoms with Gasteiger partial charge >= 0.3 is 0 Å². The number of hydrogen-bond acceptors (Lipinski definition) is 5. The molecule has 0 spiro atoms. The van der Waals surface area contributed by atoms with Crippen LogP contribution in [0.4, 0.5) is 5.13 Å². The maximum absolute atomic E-state index is 12.5. The summed E-state index contributed by atoms with van der Waals surface area (Å²) in [5.74, 6) is 0. The first-order valence-corrected chi connectivity index (χ1v) is 9.43. The number of hydrogen-bond donors (Lipinski definition) is 1. The molecule has 3 rings (SSSR count). The summed E-state index contributed by atoms with van der Waals surface area (Å²) in [5.41, 5.74) is 1.60. The van der Waals surface area contributed by atoms with Crippen molar-refractivity contribution in [1.29, 1.82) is 0 Å². The lowest BCUT2D eigenvalue weighted by molar-refractivity contribution is 0.134. The van der Waals surface area contributed by atoms with E-state index in [4.69, 9.17) is 4.74 Å². The number of ether oxygens (including phenoxy) is 1. The second-order valence-corrected chi connectivity index (χ2v) is 7.59. The van der Waals surface area contributed by atoms with Gasteiger partial charge in [0.15, 0.2) is 5.13 Å². The largest absolute Gasteiger partial charge is 0.377 e. The van der Waals surface area contributed by atoms with Crippen LogP contribution in [0, 0.1) is 0 Å². The Kier molecular flexibility index (Phi) is 4.61. The number of nitrogens with zero attached hydrogens (tertiary/aromatic N) is 1. The van der Waals surface area contributed by atoms with Crippen LogP contribution in [0.2, 0.25) is 0 Å². The predicted molar refractivity (Wildman–Crippen MR) is 92.2 cm³/mol. The van der Waals surface area contributed by atoms with Gasteiger partial charge in [-0.3, -0.25) is 4.72 Å². The monoisotopic (exact) mass is 348 g/mol. The average molecular weight is 348 g/mol. The van der Waals surface area contributed by atoms with Crippen molar-refractivity contribution in [2.75, 3.05) is 11.3 Å². The standard InChI is InChI=1S/C16H16N2O3S2/c1-2-21-11-12-6-5-7-13(10-12)23(19,20)18-16-17-14-8-3-4-9-15(14)22-16/h3-10H,2,11H2,1H3,(H,17,18). The summed E-state index contributed by atoms with van der Waals surface area (Å²) in [6.45, 7) is 2.87. The van der Waals surface area contributed by atoms with Crippen LogP contribution in [0.5, 0.6) is 0 Å². The van der Waals surface area contributed by atoms with E-state index >= 15 is 0 Å². The van der Waals surface area contributed by atoms with Gasteiger partial charge < -0.3 is 4.74 Å². The van der Waals surface area contributed by atoms with E-state index in [1.165, 1.54) is 11.3 Å². The van der Waals surface area contributed by atoms with Gasteiger partial charge in [-0.15, -0.1) is 0 Å². The van der Waals surface area contributed by atoms with Crippen molar-refractivity contribution in [3.05, 3.63) is 54.1 Å². The molecular formula is C16H16N2O3S2. The molecule has 0 fully saturated rings. The maximum atomic E-state index is 12.5. The molecule has 0 amide bonds. The zero-order valence-corrected chi connectivity index (χ0v) is 14.2. The molecule has 7 heteroatoms. The third-order valence-electron chi connectivity index (χ3n) is 3.20. The summed E-state index contributed by atoms with van der Waals surface area (Å²) in [5, 5.41) is 0.362. The van der Waals surface area contributed by atoms with Crippen molar-refractivity contribution in [2.45, 2.75) is 18.4 Å². The minimum absolute atomic E-state index is 0.203. The topological polar surface area (TPSA) is 68.3 Å². The third kappa shape index (κ3) is 3.69. The number of sulfonamides is 1. The lowest BCUT2D eigenvalue weighted by atomic mass is 10.2. The molecular weight excluding hydrogens is 332 g/mol. The molecule has 0 unspecified atom stereocenters. The molecule has 0 aliphatic heterocycles. The molecule has 0 saturated carbocycles. The van der Waals surface area contributed by atoms with E-state index in [-0.39, 0.29) is 4.90 Å². The fourth-order valence-electron chi connectivity index (χ4n) is 2.11. The van der Waals surface area contributed by atoms with Crippen molar-refractivity contribution in [1.82, 2.24) is 4.98 Å². The van der Waals surface area contributed by atoms with Crippen LogP contribution in [0.1, 0.15) is 12.5 Å². The maximum Gasteiger partial charge on any atom is 0.263 e. The van der Waals surface area contributed by atoms with Crippen LogP contribution < -0.4 is 4.72 Å². The van der Waals surface area contributed by atoms with Gasteiger partial charge in [0.1, 0.15) is 0 Å². The van der Waals surface area contributed by atoms with Crippen LogP contribution in [0.25, 0.3) is 10.2 Å². The van der Waals surface area contributed by atoms with E-state index in [1.807, 2.05) is 37.3 Å². The molecule has 5 nitrogen and oxygen atoms in total. The SMILES string of the molecule is CCOCc1cccc(S(=O)(=O)Nc2nc3ccccc3s2)c1. The fraction of sp³-hybridized carbons (Fsp3) is 0.188. The zero-order chi connectivity index (χ0) is 16.3. The molecule has 3 aromatic rings.